The fraction of sp³-hybridized carbons (Fsp3) is 0.429. The van der Waals surface area contributed by atoms with E-state index in [9.17, 15) is 0 Å². The molecule has 4 nitrogen and oxygen atoms in total. The van der Waals surface area contributed by atoms with Crippen molar-refractivity contribution < 1.29 is 19.1 Å². The smallest absolute Gasteiger partial charge is 0.472 e. The first-order chi connectivity index (χ1) is 5.52. The van der Waals surface area contributed by atoms with Crippen molar-refractivity contribution in [1.82, 2.24) is 0 Å². The number of hydrogen-bond acceptors (Lipinski definition) is 4. The molecule has 0 fully saturated rings. The molecule has 12 heavy (non-hydrogen) atoms. The van der Waals surface area contributed by atoms with Gasteiger partial charge in [-0.2, -0.15) is 0 Å². The molecule has 1 aromatic heterocycles. The summed E-state index contributed by atoms with van der Waals surface area (Å²) < 4.78 is 9.67. The molecule has 0 unspecified atom stereocenters. The van der Waals surface area contributed by atoms with Crippen LogP contribution in [0.2, 0.25) is 0 Å². The minimum atomic E-state index is -1.77. The quantitative estimate of drug-likeness (QED) is 0.648. The average Bonchev–Trinajstić information content (AvgIpc) is 2.32. The molecule has 2 N–H and O–H groups in total. The Balaban J connectivity index is 2.72. The Kier molecular flexibility index (Phi) is 2.57. The molecule has 1 aromatic rings. The van der Waals surface area contributed by atoms with Gasteiger partial charge in [0.2, 0.25) is 0 Å². The molecule has 0 aromatic carbocycles. The average molecular weight is 170 g/mol. The van der Waals surface area contributed by atoms with Gasteiger partial charge >= 0.3 is 7.32 Å². The number of furan rings is 1. The summed E-state index contributed by atoms with van der Waals surface area (Å²) in [7, 11) is -1.77. The van der Waals surface area contributed by atoms with E-state index < -0.39 is 12.9 Å². The highest BCUT2D eigenvalue weighted by atomic mass is 16.6. The highest BCUT2D eigenvalue weighted by Gasteiger charge is 2.27. The third kappa shape index (κ3) is 2.10. The largest absolute Gasteiger partial charge is 0.634 e. The monoisotopic (exact) mass is 170 g/mol. The second kappa shape index (κ2) is 3.31. The summed E-state index contributed by atoms with van der Waals surface area (Å²) in [5.74, 6) is 0. The fourth-order valence-corrected chi connectivity index (χ4v) is 0.939. The summed E-state index contributed by atoms with van der Waals surface area (Å²) >= 11 is 0. The van der Waals surface area contributed by atoms with Crippen molar-refractivity contribution in [1.29, 1.82) is 0 Å². The van der Waals surface area contributed by atoms with Gasteiger partial charge in [0.25, 0.3) is 0 Å². The lowest BCUT2D eigenvalue weighted by atomic mass is 9.99. The Hall–Kier alpha value is -0.775. The van der Waals surface area contributed by atoms with E-state index >= 15 is 0 Å². The van der Waals surface area contributed by atoms with E-state index in [-0.39, 0.29) is 0 Å². The summed E-state index contributed by atoms with van der Waals surface area (Å²) in [4.78, 5) is 0. The Morgan fingerprint density at radius 2 is 2.17 bits per heavy atom. The van der Waals surface area contributed by atoms with E-state index in [1.807, 2.05) is 0 Å². The van der Waals surface area contributed by atoms with Crippen LogP contribution in [0.4, 0.5) is 0 Å². The SMILES string of the molecule is CC(C)(OB(O)O)c1ccoc1. The first kappa shape index (κ1) is 9.31. The molecule has 0 radical (unpaired) electrons. The molecule has 0 aliphatic carbocycles. The molecular formula is C7H11BO4. The summed E-state index contributed by atoms with van der Waals surface area (Å²) in [6.45, 7) is 3.44. The van der Waals surface area contributed by atoms with Gasteiger partial charge in [-0.1, -0.05) is 0 Å². The van der Waals surface area contributed by atoms with Crippen LogP contribution in [-0.2, 0) is 10.3 Å². The molecule has 1 heterocycles. The Bertz CT molecular complexity index is 230. The summed E-state index contributed by atoms with van der Waals surface area (Å²) in [6, 6.07) is 1.71. The van der Waals surface area contributed by atoms with Crippen LogP contribution >= 0.6 is 0 Å². The van der Waals surface area contributed by atoms with Gasteiger partial charge in [-0.3, -0.25) is 0 Å². The van der Waals surface area contributed by atoms with Crippen molar-refractivity contribution in [3.8, 4) is 0 Å². The lowest BCUT2D eigenvalue weighted by molar-refractivity contribution is 0.0467. The third-order valence-corrected chi connectivity index (χ3v) is 1.62. The van der Waals surface area contributed by atoms with Crippen molar-refractivity contribution in [3.63, 3.8) is 0 Å². The molecule has 0 spiro atoms. The lowest BCUT2D eigenvalue weighted by Crippen LogP contribution is -2.31. The Morgan fingerprint density at radius 3 is 2.58 bits per heavy atom. The zero-order valence-electron chi connectivity index (χ0n) is 7.02. The highest BCUT2D eigenvalue weighted by Crippen LogP contribution is 2.24. The number of rotatable bonds is 3. The van der Waals surface area contributed by atoms with Gasteiger partial charge in [0.05, 0.1) is 18.1 Å². The first-order valence-electron chi connectivity index (χ1n) is 3.59. The van der Waals surface area contributed by atoms with Gasteiger partial charge in [-0.05, 0) is 19.9 Å². The van der Waals surface area contributed by atoms with Crippen molar-refractivity contribution in [2.24, 2.45) is 0 Å². The molecule has 0 aliphatic rings. The predicted octanol–water partition coefficient (Wildman–Crippen LogP) is 0.501. The van der Waals surface area contributed by atoms with E-state index in [2.05, 4.69) is 0 Å². The Morgan fingerprint density at radius 1 is 1.50 bits per heavy atom. The molecular weight excluding hydrogens is 159 g/mol. The molecule has 0 aliphatic heterocycles. The maximum atomic E-state index is 8.59. The van der Waals surface area contributed by atoms with Crippen molar-refractivity contribution in [2.45, 2.75) is 19.4 Å². The highest BCUT2D eigenvalue weighted by molar-refractivity contribution is 6.32. The van der Waals surface area contributed by atoms with Crippen LogP contribution in [-0.4, -0.2) is 17.4 Å². The summed E-state index contributed by atoms with van der Waals surface area (Å²) in [5, 5.41) is 17.2. The fourth-order valence-electron chi connectivity index (χ4n) is 0.939. The van der Waals surface area contributed by atoms with Crippen LogP contribution in [0.15, 0.2) is 23.0 Å². The van der Waals surface area contributed by atoms with Crippen LogP contribution < -0.4 is 0 Å². The van der Waals surface area contributed by atoms with Gasteiger partial charge in [-0.25, -0.2) is 0 Å². The topological polar surface area (TPSA) is 62.8 Å². The van der Waals surface area contributed by atoms with Gasteiger partial charge < -0.3 is 19.1 Å². The van der Waals surface area contributed by atoms with E-state index in [0.717, 1.165) is 5.56 Å². The van der Waals surface area contributed by atoms with E-state index in [0.29, 0.717) is 0 Å². The molecule has 0 amide bonds. The summed E-state index contributed by atoms with van der Waals surface area (Å²) in [6.07, 6.45) is 3.01. The van der Waals surface area contributed by atoms with Gasteiger partial charge in [-0.15, -0.1) is 0 Å². The molecule has 0 atom stereocenters. The van der Waals surface area contributed by atoms with Crippen LogP contribution in [0.3, 0.4) is 0 Å². The third-order valence-electron chi connectivity index (χ3n) is 1.62. The van der Waals surface area contributed by atoms with Crippen LogP contribution in [0, 0.1) is 0 Å². The van der Waals surface area contributed by atoms with Gasteiger partial charge in [0.15, 0.2) is 0 Å². The maximum absolute atomic E-state index is 8.59. The molecule has 1 rings (SSSR count). The molecule has 0 saturated carbocycles. The molecule has 5 heteroatoms. The van der Waals surface area contributed by atoms with Crippen LogP contribution in [0.5, 0.6) is 0 Å². The van der Waals surface area contributed by atoms with Crippen molar-refractivity contribution >= 4 is 7.32 Å². The van der Waals surface area contributed by atoms with E-state index in [1.54, 1.807) is 19.9 Å². The van der Waals surface area contributed by atoms with Crippen molar-refractivity contribution in [2.75, 3.05) is 0 Å². The molecule has 0 saturated heterocycles. The van der Waals surface area contributed by atoms with E-state index in [1.165, 1.54) is 12.5 Å². The lowest BCUT2D eigenvalue weighted by Gasteiger charge is -2.23. The minimum absolute atomic E-state index is 0.749. The normalized spacial score (nSPS) is 11.7. The number of hydrogen-bond donors (Lipinski definition) is 2. The molecule has 0 bridgehead atoms. The zero-order valence-corrected chi connectivity index (χ0v) is 7.02. The van der Waals surface area contributed by atoms with Gasteiger partial charge in [0.1, 0.15) is 0 Å². The second-order valence-electron chi connectivity index (χ2n) is 2.97. The van der Waals surface area contributed by atoms with Crippen LogP contribution in [0.25, 0.3) is 0 Å². The molecule has 66 valence electrons. The Labute approximate surface area is 71.0 Å². The first-order valence-corrected chi connectivity index (χ1v) is 3.59. The van der Waals surface area contributed by atoms with Crippen LogP contribution in [0.1, 0.15) is 19.4 Å². The minimum Gasteiger partial charge on any atom is -0.472 e. The maximum Gasteiger partial charge on any atom is 0.634 e. The van der Waals surface area contributed by atoms with E-state index in [4.69, 9.17) is 19.1 Å². The second-order valence-corrected chi connectivity index (χ2v) is 2.97. The summed E-state index contributed by atoms with van der Waals surface area (Å²) in [5.41, 5.74) is 0.0110. The standard InChI is InChI=1S/C7H11BO4/c1-7(2,12-8(9)10)6-3-4-11-5-6/h3-5,9-10H,1-2H3. The van der Waals surface area contributed by atoms with Gasteiger partial charge in [0, 0.05) is 5.56 Å². The van der Waals surface area contributed by atoms with Crippen molar-refractivity contribution in [3.05, 3.63) is 24.2 Å². The zero-order chi connectivity index (χ0) is 9.19. The predicted molar refractivity (Wildman–Crippen MR) is 43.0 cm³/mol.